The quantitative estimate of drug-likeness (QED) is 0.373. The Hall–Kier alpha value is -2.74. The Kier molecular flexibility index (Phi) is 7.61. The molecule has 0 radical (unpaired) electrons. The number of carbonyl (C=O) groups is 2. The Balaban J connectivity index is 1.08. The van der Waals surface area contributed by atoms with Crippen molar-refractivity contribution in [1.82, 2.24) is 35.8 Å². The number of hydrogen-bond donors (Lipinski definition) is 4. The van der Waals surface area contributed by atoms with Crippen molar-refractivity contribution in [2.75, 3.05) is 69.7 Å². The van der Waals surface area contributed by atoms with E-state index in [2.05, 4.69) is 79.5 Å². The molecule has 5 saturated heterocycles. The summed E-state index contributed by atoms with van der Waals surface area (Å²) in [5.74, 6) is -0.0370. The van der Waals surface area contributed by atoms with E-state index in [4.69, 9.17) is 4.74 Å². The van der Waals surface area contributed by atoms with Crippen LogP contribution in [0.1, 0.15) is 25.7 Å². The lowest BCUT2D eigenvalue weighted by Gasteiger charge is -2.50. The van der Waals surface area contributed by atoms with Gasteiger partial charge in [-0.15, -0.1) is 0 Å². The molecule has 6 unspecified atom stereocenters. The first-order chi connectivity index (χ1) is 20.0. The molecule has 1 aromatic carbocycles. The van der Waals surface area contributed by atoms with Crippen LogP contribution in [-0.2, 0) is 14.3 Å². The van der Waals surface area contributed by atoms with Crippen LogP contribution in [0.15, 0.2) is 36.4 Å². The second kappa shape index (κ2) is 11.5. The summed E-state index contributed by atoms with van der Waals surface area (Å²) in [7, 11) is 2.17. The third kappa shape index (κ3) is 5.33. The number of ether oxygens (including phenoxy) is 1. The van der Waals surface area contributed by atoms with E-state index in [1.165, 1.54) is 5.69 Å². The molecule has 6 heterocycles. The van der Waals surface area contributed by atoms with Gasteiger partial charge in [0.1, 0.15) is 19.1 Å². The fraction of sp³-hybridized carbons (Fsp3) is 0.655. The standard InChI is InChI=1S/C29H43N9O3/c1-34-14-16-35(17-15-34)21-8-6-20(7-9-21)31-29-30-18-22-26(33-29)38-24-11-10-23-27(32-24)36(25(39)19-41-23)12-4-2-3-5-13-37(38)28(22)40/h3,5-9,22-24,26-27,29-33H,2,4,10-19H2,1H3/b5-3-. The number of likely N-dealkylation sites (N-methyl/N-ethyl adjacent to an activating group) is 1. The van der Waals surface area contributed by atoms with Crippen molar-refractivity contribution >= 4 is 23.2 Å². The minimum absolute atomic E-state index is 0.0193. The van der Waals surface area contributed by atoms with Crippen molar-refractivity contribution in [2.24, 2.45) is 5.92 Å². The molecule has 12 heteroatoms. The first kappa shape index (κ1) is 27.1. The van der Waals surface area contributed by atoms with Gasteiger partial charge in [0.05, 0.1) is 30.9 Å². The second-order valence-electron chi connectivity index (χ2n) is 12.1. The van der Waals surface area contributed by atoms with E-state index in [1.54, 1.807) is 0 Å². The van der Waals surface area contributed by atoms with E-state index < -0.39 is 0 Å². The minimum atomic E-state index is -0.203. The fourth-order valence-electron chi connectivity index (χ4n) is 7.17. The van der Waals surface area contributed by atoms with E-state index in [1.807, 2.05) is 9.91 Å². The topological polar surface area (TPSA) is 108 Å². The van der Waals surface area contributed by atoms with Gasteiger partial charge >= 0.3 is 0 Å². The van der Waals surface area contributed by atoms with E-state index >= 15 is 0 Å². The molecule has 1 aromatic rings. The van der Waals surface area contributed by atoms with Gasteiger partial charge in [-0.25, -0.2) is 0 Å². The van der Waals surface area contributed by atoms with Crippen LogP contribution in [-0.4, -0.2) is 122 Å². The highest BCUT2D eigenvalue weighted by atomic mass is 16.5. The molecule has 222 valence electrons. The summed E-state index contributed by atoms with van der Waals surface area (Å²) < 4.78 is 5.94. The lowest BCUT2D eigenvalue weighted by molar-refractivity contribution is -0.176. The molecule has 5 fully saturated rings. The fourth-order valence-corrected chi connectivity index (χ4v) is 7.17. The highest BCUT2D eigenvalue weighted by Crippen LogP contribution is 2.33. The number of piperazine rings is 1. The van der Waals surface area contributed by atoms with Gasteiger partial charge in [-0.05, 0) is 57.0 Å². The molecular weight excluding hydrogens is 522 g/mol. The first-order valence-electron chi connectivity index (χ1n) is 15.3. The molecule has 6 aliphatic heterocycles. The highest BCUT2D eigenvalue weighted by molar-refractivity contribution is 5.82. The number of amides is 2. The molecule has 2 bridgehead atoms. The lowest BCUT2D eigenvalue weighted by Crippen LogP contribution is -2.72. The Morgan fingerprint density at radius 2 is 1.78 bits per heavy atom. The minimum Gasteiger partial charge on any atom is -0.369 e. The second-order valence-corrected chi connectivity index (χ2v) is 12.1. The SMILES string of the molecule is CN1CCN(c2ccc(NC3NCC4C(=O)N5C/C=C\CCCN6C(=O)COC7CCC(NC76)N5C4N3)cc2)CC1. The summed E-state index contributed by atoms with van der Waals surface area (Å²) >= 11 is 0. The molecule has 0 aromatic heterocycles. The summed E-state index contributed by atoms with van der Waals surface area (Å²) in [5, 5.41) is 18.6. The Morgan fingerprint density at radius 1 is 0.951 bits per heavy atom. The van der Waals surface area contributed by atoms with Gasteiger partial charge in [0, 0.05) is 50.6 Å². The number of anilines is 2. The number of rotatable bonds is 3. The number of morpholine rings is 1. The Labute approximate surface area is 242 Å². The molecular formula is C29H43N9O3. The molecule has 6 aliphatic rings. The van der Waals surface area contributed by atoms with Crippen LogP contribution in [0.2, 0.25) is 0 Å². The van der Waals surface area contributed by atoms with Gasteiger partial charge in [-0.1, -0.05) is 12.2 Å². The third-order valence-corrected chi connectivity index (χ3v) is 9.49. The van der Waals surface area contributed by atoms with Crippen molar-refractivity contribution in [3.63, 3.8) is 0 Å². The van der Waals surface area contributed by atoms with E-state index in [0.29, 0.717) is 19.6 Å². The summed E-state index contributed by atoms with van der Waals surface area (Å²) in [6.45, 7) is 6.24. The number of allylic oxidation sites excluding steroid dienone is 1. The average molecular weight is 566 g/mol. The van der Waals surface area contributed by atoms with Crippen LogP contribution in [0.5, 0.6) is 0 Å². The molecule has 0 saturated carbocycles. The number of nitrogens with zero attached hydrogens (tertiary/aromatic N) is 5. The zero-order valence-electron chi connectivity index (χ0n) is 23.9. The molecule has 0 spiro atoms. The Bertz CT molecular complexity index is 1140. The predicted molar refractivity (Wildman–Crippen MR) is 155 cm³/mol. The summed E-state index contributed by atoms with van der Waals surface area (Å²) in [5.41, 5.74) is 2.27. The molecule has 6 atom stereocenters. The van der Waals surface area contributed by atoms with Crippen LogP contribution in [0.25, 0.3) is 0 Å². The van der Waals surface area contributed by atoms with Gasteiger partial charge in [-0.2, -0.15) is 5.01 Å². The van der Waals surface area contributed by atoms with Gasteiger partial charge in [-0.3, -0.25) is 30.5 Å². The summed E-state index contributed by atoms with van der Waals surface area (Å²) in [4.78, 5) is 33.3. The zero-order valence-corrected chi connectivity index (χ0v) is 23.9. The van der Waals surface area contributed by atoms with E-state index in [9.17, 15) is 9.59 Å². The monoisotopic (exact) mass is 565 g/mol. The maximum Gasteiger partial charge on any atom is 0.249 e. The number of nitrogens with one attached hydrogen (secondary N) is 4. The number of hydrazine groups is 1. The highest BCUT2D eigenvalue weighted by Gasteiger charge is 2.53. The average Bonchev–Trinajstić information content (AvgIpc) is 3.26. The number of hydrogen-bond acceptors (Lipinski definition) is 10. The lowest BCUT2D eigenvalue weighted by atomic mass is 9.99. The van der Waals surface area contributed by atoms with Gasteiger partial charge in [0.2, 0.25) is 11.8 Å². The van der Waals surface area contributed by atoms with E-state index in [0.717, 1.165) is 57.5 Å². The van der Waals surface area contributed by atoms with Crippen LogP contribution < -0.4 is 26.2 Å². The van der Waals surface area contributed by atoms with Crippen molar-refractivity contribution in [1.29, 1.82) is 0 Å². The Morgan fingerprint density at radius 3 is 2.61 bits per heavy atom. The molecule has 0 aliphatic carbocycles. The predicted octanol–water partition coefficient (Wildman–Crippen LogP) is -0.0588. The number of fused-ring (bicyclic) bond motifs is 5. The zero-order chi connectivity index (χ0) is 27.9. The van der Waals surface area contributed by atoms with Crippen molar-refractivity contribution in [3.8, 4) is 0 Å². The largest absolute Gasteiger partial charge is 0.369 e. The van der Waals surface area contributed by atoms with Gasteiger partial charge in [0.25, 0.3) is 0 Å². The molecule has 12 nitrogen and oxygen atoms in total. The summed E-state index contributed by atoms with van der Waals surface area (Å²) in [6.07, 6.45) is 7.04. The van der Waals surface area contributed by atoms with Gasteiger partial charge < -0.3 is 24.8 Å². The van der Waals surface area contributed by atoms with Crippen molar-refractivity contribution in [2.45, 2.75) is 56.6 Å². The molecule has 7 rings (SSSR count). The van der Waals surface area contributed by atoms with E-state index in [-0.39, 0.29) is 55.2 Å². The molecule has 4 N–H and O–H groups in total. The number of benzene rings is 1. The number of piperidine rings is 1. The first-order valence-corrected chi connectivity index (χ1v) is 15.3. The molecule has 41 heavy (non-hydrogen) atoms. The van der Waals surface area contributed by atoms with Crippen molar-refractivity contribution in [3.05, 3.63) is 36.4 Å². The van der Waals surface area contributed by atoms with Crippen LogP contribution >= 0.6 is 0 Å². The van der Waals surface area contributed by atoms with Gasteiger partial charge in [0.15, 0.2) is 0 Å². The smallest absolute Gasteiger partial charge is 0.249 e. The normalized spacial score (nSPS) is 35.8. The van der Waals surface area contributed by atoms with Crippen LogP contribution in [0.4, 0.5) is 11.4 Å². The van der Waals surface area contributed by atoms with Crippen molar-refractivity contribution < 1.29 is 14.3 Å². The third-order valence-electron chi connectivity index (χ3n) is 9.49. The summed E-state index contributed by atoms with van der Waals surface area (Å²) in [6, 6.07) is 8.64. The van der Waals surface area contributed by atoms with Crippen LogP contribution in [0.3, 0.4) is 0 Å². The maximum atomic E-state index is 13.7. The number of carbonyl (C=O) groups excluding carboxylic acids is 2. The van der Waals surface area contributed by atoms with Crippen LogP contribution in [0, 0.1) is 5.92 Å². The molecule has 2 amide bonds. The maximum absolute atomic E-state index is 13.7.